The molecular weight excluding hydrogens is 248 g/mol. The summed E-state index contributed by atoms with van der Waals surface area (Å²) in [5.74, 6) is 0. The average Bonchev–Trinajstić information content (AvgIpc) is 2.47. The zero-order chi connectivity index (χ0) is 14.7. The van der Waals surface area contributed by atoms with Crippen molar-refractivity contribution < 1.29 is 9.47 Å². The summed E-state index contributed by atoms with van der Waals surface area (Å²) in [4.78, 5) is 0. The SMILES string of the molecule is CCC/C=C/CCCCCCCCCCCOCOC. The van der Waals surface area contributed by atoms with Gasteiger partial charge in [0, 0.05) is 13.7 Å². The minimum atomic E-state index is 0.438. The molecule has 0 spiro atoms. The number of rotatable bonds is 16. The molecule has 2 heteroatoms. The van der Waals surface area contributed by atoms with Crippen molar-refractivity contribution in [3.8, 4) is 0 Å². The highest BCUT2D eigenvalue weighted by atomic mass is 16.7. The van der Waals surface area contributed by atoms with E-state index in [0.29, 0.717) is 6.79 Å². The van der Waals surface area contributed by atoms with E-state index in [1.807, 2.05) is 0 Å². The Hall–Kier alpha value is -0.340. The highest BCUT2D eigenvalue weighted by Crippen LogP contribution is 2.11. The van der Waals surface area contributed by atoms with Gasteiger partial charge in [-0.05, 0) is 25.7 Å². The lowest BCUT2D eigenvalue weighted by atomic mass is 10.1. The first-order valence-electron chi connectivity index (χ1n) is 8.63. The lowest BCUT2D eigenvalue weighted by molar-refractivity contribution is -0.0315. The largest absolute Gasteiger partial charge is 0.359 e. The maximum atomic E-state index is 5.26. The van der Waals surface area contributed by atoms with Crippen molar-refractivity contribution in [1.82, 2.24) is 0 Å². The number of hydrogen-bond donors (Lipinski definition) is 0. The zero-order valence-corrected chi connectivity index (χ0v) is 13.9. The van der Waals surface area contributed by atoms with E-state index in [0.717, 1.165) is 6.61 Å². The number of ether oxygens (including phenoxy) is 2. The molecule has 0 atom stereocenters. The third-order valence-corrected chi connectivity index (χ3v) is 3.48. The number of allylic oxidation sites excluding steroid dienone is 2. The molecule has 0 aromatic rings. The van der Waals surface area contributed by atoms with Gasteiger partial charge in [-0.15, -0.1) is 0 Å². The van der Waals surface area contributed by atoms with Crippen LogP contribution in [0.2, 0.25) is 0 Å². The Labute approximate surface area is 126 Å². The molecule has 0 unspecified atom stereocenters. The molecule has 0 aromatic carbocycles. The Balaban J connectivity index is 2.96. The quantitative estimate of drug-likeness (QED) is 0.201. The Kier molecular flexibility index (Phi) is 18.3. The molecule has 0 rings (SSSR count). The Morgan fingerprint density at radius 3 is 1.85 bits per heavy atom. The van der Waals surface area contributed by atoms with E-state index >= 15 is 0 Å². The van der Waals surface area contributed by atoms with E-state index in [-0.39, 0.29) is 0 Å². The third kappa shape index (κ3) is 17.7. The summed E-state index contributed by atoms with van der Waals surface area (Å²) in [6, 6.07) is 0. The second-order valence-corrected chi connectivity index (χ2v) is 5.55. The third-order valence-electron chi connectivity index (χ3n) is 3.48. The standard InChI is InChI=1S/C18H36O2/c1-3-4-5-6-7-8-9-10-11-12-13-14-15-16-17-20-18-19-2/h5-6H,3-4,7-18H2,1-2H3/b6-5+. The first kappa shape index (κ1) is 19.7. The van der Waals surface area contributed by atoms with Gasteiger partial charge in [0.2, 0.25) is 0 Å². The molecule has 0 bridgehead atoms. The van der Waals surface area contributed by atoms with Crippen LogP contribution in [0.1, 0.15) is 84.0 Å². The smallest absolute Gasteiger partial charge is 0.146 e. The van der Waals surface area contributed by atoms with E-state index in [2.05, 4.69) is 19.1 Å². The van der Waals surface area contributed by atoms with Crippen LogP contribution in [0.25, 0.3) is 0 Å². The van der Waals surface area contributed by atoms with Crippen molar-refractivity contribution in [2.24, 2.45) is 0 Å². The van der Waals surface area contributed by atoms with Crippen molar-refractivity contribution in [3.63, 3.8) is 0 Å². The predicted octanol–water partition coefficient (Wildman–Crippen LogP) is 5.86. The summed E-state index contributed by atoms with van der Waals surface area (Å²) in [6.07, 6.45) is 20.7. The molecule has 0 saturated carbocycles. The van der Waals surface area contributed by atoms with E-state index in [1.54, 1.807) is 7.11 Å². The molecule has 120 valence electrons. The van der Waals surface area contributed by atoms with Crippen molar-refractivity contribution >= 4 is 0 Å². The Morgan fingerprint density at radius 2 is 1.25 bits per heavy atom. The molecule has 0 aromatic heterocycles. The number of hydrogen-bond acceptors (Lipinski definition) is 2. The van der Waals surface area contributed by atoms with Crippen molar-refractivity contribution in [2.75, 3.05) is 20.5 Å². The average molecular weight is 284 g/mol. The summed E-state index contributed by atoms with van der Waals surface area (Å²) in [5.41, 5.74) is 0. The topological polar surface area (TPSA) is 18.5 Å². The van der Waals surface area contributed by atoms with Crippen LogP contribution in [0.3, 0.4) is 0 Å². The maximum absolute atomic E-state index is 5.26. The molecule has 20 heavy (non-hydrogen) atoms. The predicted molar refractivity (Wildman–Crippen MR) is 88.0 cm³/mol. The van der Waals surface area contributed by atoms with Gasteiger partial charge in [0.1, 0.15) is 6.79 Å². The van der Waals surface area contributed by atoms with Crippen molar-refractivity contribution in [1.29, 1.82) is 0 Å². The first-order chi connectivity index (χ1) is 9.91. The van der Waals surface area contributed by atoms with Crippen LogP contribution in [0, 0.1) is 0 Å². The Bertz CT molecular complexity index is 190. The highest BCUT2D eigenvalue weighted by Gasteiger charge is 1.93. The second kappa shape index (κ2) is 18.7. The summed E-state index contributed by atoms with van der Waals surface area (Å²) in [6.45, 7) is 3.52. The molecule has 2 nitrogen and oxygen atoms in total. The van der Waals surface area contributed by atoms with Gasteiger partial charge in [-0.1, -0.05) is 70.4 Å². The number of unbranched alkanes of at least 4 members (excludes halogenated alkanes) is 10. The molecule has 0 radical (unpaired) electrons. The monoisotopic (exact) mass is 284 g/mol. The molecular formula is C18H36O2. The minimum Gasteiger partial charge on any atom is -0.359 e. The lowest BCUT2D eigenvalue weighted by Crippen LogP contribution is -1.98. The van der Waals surface area contributed by atoms with E-state index in [9.17, 15) is 0 Å². The molecule has 0 fully saturated rings. The molecule has 0 N–H and O–H groups in total. The van der Waals surface area contributed by atoms with Gasteiger partial charge in [-0.2, -0.15) is 0 Å². The van der Waals surface area contributed by atoms with Gasteiger partial charge in [0.25, 0.3) is 0 Å². The van der Waals surface area contributed by atoms with Crippen LogP contribution in [-0.4, -0.2) is 20.5 Å². The maximum Gasteiger partial charge on any atom is 0.146 e. The lowest BCUT2D eigenvalue weighted by Gasteiger charge is -2.03. The van der Waals surface area contributed by atoms with Gasteiger partial charge >= 0.3 is 0 Å². The molecule has 0 heterocycles. The van der Waals surface area contributed by atoms with Crippen LogP contribution >= 0.6 is 0 Å². The van der Waals surface area contributed by atoms with Crippen LogP contribution in [-0.2, 0) is 9.47 Å². The summed E-state index contributed by atoms with van der Waals surface area (Å²) in [7, 11) is 1.67. The van der Waals surface area contributed by atoms with E-state index in [4.69, 9.17) is 9.47 Å². The van der Waals surface area contributed by atoms with E-state index in [1.165, 1.54) is 77.0 Å². The normalized spacial score (nSPS) is 11.5. The zero-order valence-electron chi connectivity index (χ0n) is 13.9. The van der Waals surface area contributed by atoms with E-state index < -0.39 is 0 Å². The van der Waals surface area contributed by atoms with Gasteiger partial charge in [-0.25, -0.2) is 0 Å². The fraction of sp³-hybridized carbons (Fsp3) is 0.889. The molecule has 0 aliphatic carbocycles. The van der Waals surface area contributed by atoms with Crippen molar-refractivity contribution in [2.45, 2.75) is 84.0 Å². The molecule has 0 amide bonds. The van der Waals surface area contributed by atoms with Gasteiger partial charge in [0.15, 0.2) is 0 Å². The van der Waals surface area contributed by atoms with Crippen LogP contribution in [0.5, 0.6) is 0 Å². The minimum absolute atomic E-state index is 0.438. The first-order valence-corrected chi connectivity index (χ1v) is 8.63. The van der Waals surface area contributed by atoms with Crippen molar-refractivity contribution in [3.05, 3.63) is 12.2 Å². The summed E-state index contributed by atoms with van der Waals surface area (Å²) >= 11 is 0. The van der Waals surface area contributed by atoms with Gasteiger partial charge in [0.05, 0.1) is 0 Å². The van der Waals surface area contributed by atoms with Gasteiger partial charge < -0.3 is 9.47 Å². The fourth-order valence-corrected chi connectivity index (χ4v) is 2.25. The number of methoxy groups -OCH3 is 1. The summed E-state index contributed by atoms with van der Waals surface area (Å²) in [5, 5.41) is 0. The molecule has 0 aliphatic heterocycles. The van der Waals surface area contributed by atoms with Gasteiger partial charge in [-0.3, -0.25) is 0 Å². The fourth-order valence-electron chi connectivity index (χ4n) is 2.25. The van der Waals surface area contributed by atoms with Crippen LogP contribution in [0.4, 0.5) is 0 Å². The molecule has 0 aliphatic rings. The Morgan fingerprint density at radius 1 is 0.700 bits per heavy atom. The summed E-state index contributed by atoms with van der Waals surface area (Å²) < 4.78 is 10.1. The second-order valence-electron chi connectivity index (χ2n) is 5.55. The molecule has 0 saturated heterocycles. The highest BCUT2D eigenvalue weighted by molar-refractivity contribution is 4.80. The van der Waals surface area contributed by atoms with Crippen LogP contribution < -0.4 is 0 Å². The van der Waals surface area contributed by atoms with Crippen LogP contribution in [0.15, 0.2) is 12.2 Å².